The summed E-state index contributed by atoms with van der Waals surface area (Å²) in [4.78, 5) is 18.1. The molecule has 1 saturated heterocycles. The SMILES string of the molecule is CCN1CCN([C@H](c2ccccc2Cl)c2c(O)cc(C)n(CCOC)c2=O)CC1. The molecule has 0 radical (unpaired) electrons. The van der Waals surface area contributed by atoms with Crippen molar-refractivity contribution >= 4 is 11.6 Å². The van der Waals surface area contributed by atoms with Crippen LogP contribution in [-0.4, -0.2) is 65.9 Å². The van der Waals surface area contributed by atoms with E-state index in [-0.39, 0.29) is 11.3 Å². The van der Waals surface area contributed by atoms with Crippen LogP contribution < -0.4 is 5.56 Å². The quantitative estimate of drug-likeness (QED) is 0.747. The Hall–Kier alpha value is -1.86. The van der Waals surface area contributed by atoms with E-state index < -0.39 is 6.04 Å². The molecule has 6 nitrogen and oxygen atoms in total. The Morgan fingerprint density at radius 3 is 2.52 bits per heavy atom. The summed E-state index contributed by atoms with van der Waals surface area (Å²) < 4.78 is 6.84. The molecule has 0 aliphatic carbocycles. The third-order valence-electron chi connectivity index (χ3n) is 5.73. The number of piperazine rings is 1. The summed E-state index contributed by atoms with van der Waals surface area (Å²) in [5, 5.41) is 11.4. The van der Waals surface area contributed by atoms with Gasteiger partial charge in [-0.1, -0.05) is 36.7 Å². The van der Waals surface area contributed by atoms with E-state index in [1.165, 1.54) is 0 Å². The lowest BCUT2D eigenvalue weighted by atomic mass is 9.96. The monoisotopic (exact) mass is 419 g/mol. The van der Waals surface area contributed by atoms with Gasteiger partial charge in [0.1, 0.15) is 5.75 Å². The van der Waals surface area contributed by atoms with Crippen molar-refractivity contribution < 1.29 is 9.84 Å². The van der Waals surface area contributed by atoms with Crippen LogP contribution in [0.15, 0.2) is 35.1 Å². The minimum Gasteiger partial charge on any atom is -0.507 e. The summed E-state index contributed by atoms with van der Waals surface area (Å²) in [6, 6.07) is 8.84. The van der Waals surface area contributed by atoms with E-state index in [2.05, 4.69) is 16.7 Å². The normalized spacial score (nSPS) is 16.8. The number of likely N-dealkylation sites (N-methyl/N-ethyl adjacent to an activating group) is 1. The fraction of sp³-hybridized carbons (Fsp3) is 0.500. The Morgan fingerprint density at radius 1 is 1.21 bits per heavy atom. The zero-order valence-electron chi connectivity index (χ0n) is 17.4. The Balaban J connectivity index is 2.12. The summed E-state index contributed by atoms with van der Waals surface area (Å²) in [5.74, 6) is 0.0176. The highest BCUT2D eigenvalue weighted by Crippen LogP contribution is 2.36. The van der Waals surface area contributed by atoms with Crippen LogP contribution in [0.5, 0.6) is 5.75 Å². The molecule has 7 heteroatoms. The molecule has 0 saturated carbocycles. The third-order valence-corrected chi connectivity index (χ3v) is 6.08. The van der Waals surface area contributed by atoms with Gasteiger partial charge in [0.2, 0.25) is 0 Å². The maximum atomic E-state index is 13.5. The Kier molecular flexibility index (Phi) is 7.35. The number of ether oxygens (including phenoxy) is 1. The van der Waals surface area contributed by atoms with Crippen molar-refractivity contribution in [2.75, 3.05) is 46.4 Å². The molecule has 0 unspecified atom stereocenters. The van der Waals surface area contributed by atoms with Crippen molar-refractivity contribution in [1.29, 1.82) is 0 Å². The van der Waals surface area contributed by atoms with E-state index in [0.29, 0.717) is 29.4 Å². The molecule has 1 aromatic heterocycles. The first-order chi connectivity index (χ1) is 14.0. The highest BCUT2D eigenvalue weighted by molar-refractivity contribution is 6.31. The molecule has 158 valence electrons. The average Bonchev–Trinajstić information content (AvgIpc) is 2.72. The second kappa shape index (κ2) is 9.76. The lowest BCUT2D eigenvalue weighted by Gasteiger charge is -2.39. The molecule has 0 amide bonds. The van der Waals surface area contributed by atoms with Crippen LogP contribution in [0.25, 0.3) is 0 Å². The number of aromatic hydroxyl groups is 1. The van der Waals surface area contributed by atoms with Gasteiger partial charge in [-0.15, -0.1) is 0 Å². The van der Waals surface area contributed by atoms with Crippen molar-refractivity contribution in [2.45, 2.75) is 26.4 Å². The second-order valence-electron chi connectivity index (χ2n) is 7.43. The van der Waals surface area contributed by atoms with Crippen LogP contribution >= 0.6 is 11.6 Å². The van der Waals surface area contributed by atoms with Crippen molar-refractivity contribution in [1.82, 2.24) is 14.4 Å². The second-order valence-corrected chi connectivity index (χ2v) is 7.84. The molecule has 1 aromatic carbocycles. The van der Waals surface area contributed by atoms with Gasteiger partial charge in [0, 0.05) is 50.6 Å². The number of rotatable bonds is 7. The van der Waals surface area contributed by atoms with Crippen LogP contribution in [0.4, 0.5) is 0 Å². The average molecular weight is 420 g/mol. The smallest absolute Gasteiger partial charge is 0.259 e. The van der Waals surface area contributed by atoms with Crippen LogP contribution in [-0.2, 0) is 11.3 Å². The number of aromatic nitrogens is 1. The molecular formula is C22H30ClN3O3. The molecular weight excluding hydrogens is 390 g/mol. The van der Waals surface area contributed by atoms with Crippen molar-refractivity contribution in [2.24, 2.45) is 0 Å². The third kappa shape index (κ3) is 4.67. The summed E-state index contributed by atoms with van der Waals surface area (Å²) >= 11 is 6.56. The summed E-state index contributed by atoms with van der Waals surface area (Å²) in [7, 11) is 1.61. The van der Waals surface area contributed by atoms with E-state index in [0.717, 1.165) is 38.3 Å². The number of benzene rings is 1. The Bertz CT molecular complexity index is 891. The molecule has 1 aliphatic heterocycles. The summed E-state index contributed by atoms with van der Waals surface area (Å²) in [5.41, 5.74) is 1.74. The van der Waals surface area contributed by atoms with Gasteiger partial charge in [-0.2, -0.15) is 0 Å². The van der Waals surface area contributed by atoms with Gasteiger partial charge < -0.3 is 19.3 Å². The highest BCUT2D eigenvalue weighted by atomic mass is 35.5. The van der Waals surface area contributed by atoms with E-state index in [1.807, 2.05) is 31.2 Å². The van der Waals surface area contributed by atoms with E-state index in [4.69, 9.17) is 16.3 Å². The molecule has 0 bridgehead atoms. The van der Waals surface area contributed by atoms with Crippen molar-refractivity contribution in [3.05, 3.63) is 62.5 Å². The maximum Gasteiger partial charge on any atom is 0.259 e. The number of hydrogen-bond acceptors (Lipinski definition) is 5. The molecule has 0 spiro atoms. The number of nitrogens with zero attached hydrogens (tertiary/aromatic N) is 3. The fourth-order valence-electron chi connectivity index (χ4n) is 4.06. The molecule has 1 aliphatic rings. The Morgan fingerprint density at radius 2 is 1.90 bits per heavy atom. The van der Waals surface area contributed by atoms with E-state index in [9.17, 15) is 9.90 Å². The topological polar surface area (TPSA) is 57.9 Å². The zero-order chi connectivity index (χ0) is 21.0. The number of halogens is 1. The maximum absolute atomic E-state index is 13.5. The van der Waals surface area contributed by atoms with Gasteiger partial charge in [-0.05, 0) is 31.2 Å². The lowest BCUT2D eigenvalue weighted by Crippen LogP contribution is -2.48. The molecule has 1 fully saturated rings. The van der Waals surface area contributed by atoms with Crippen molar-refractivity contribution in [3.63, 3.8) is 0 Å². The van der Waals surface area contributed by atoms with Gasteiger partial charge in [0.05, 0.1) is 18.2 Å². The van der Waals surface area contributed by atoms with Crippen molar-refractivity contribution in [3.8, 4) is 5.75 Å². The minimum absolute atomic E-state index is 0.0176. The fourth-order valence-corrected chi connectivity index (χ4v) is 4.29. The molecule has 1 atom stereocenters. The van der Waals surface area contributed by atoms with Crippen LogP contribution in [0, 0.1) is 6.92 Å². The first-order valence-electron chi connectivity index (χ1n) is 10.1. The van der Waals surface area contributed by atoms with Gasteiger partial charge in [-0.3, -0.25) is 9.69 Å². The largest absolute Gasteiger partial charge is 0.507 e. The standard InChI is InChI=1S/C22H30ClN3O3/c1-4-24-9-11-25(12-10-24)21(17-7-5-6-8-18(17)23)20-19(27)15-16(2)26(22(20)28)13-14-29-3/h5-8,15,21,27H,4,9-14H2,1-3H3/t21-/m1/s1. The van der Waals surface area contributed by atoms with Gasteiger partial charge in [0.15, 0.2) is 0 Å². The highest BCUT2D eigenvalue weighted by Gasteiger charge is 2.32. The molecule has 2 heterocycles. The molecule has 1 N–H and O–H groups in total. The first-order valence-corrected chi connectivity index (χ1v) is 10.5. The lowest BCUT2D eigenvalue weighted by molar-refractivity contribution is 0.111. The van der Waals surface area contributed by atoms with Crippen LogP contribution in [0.1, 0.15) is 29.8 Å². The van der Waals surface area contributed by atoms with Gasteiger partial charge in [0.25, 0.3) is 5.56 Å². The van der Waals surface area contributed by atoms with E-state index >= 15 is 0 Å². The molecule has 29 heavy (non-hydrogen) atoms. The first kappa shape index (κ1) is 21.8. The number of methoxy groups -OCH3 is 1. The van der Waals surface area contributed by atoms with Gasteiger partial charge >= 0.3 is 0 Å². The molecule has 2 aromatic rings. The Labute approximate surface area is 177 Å². The summed E-state index contributed by atoms with van der Waals surface area (Å²) in [6.45, 7) is 9.29. The number of aryl methyl sites for hydroxylation is 1. The van der Waals surface area contributed by atoms with E-state index in [1.54, 1.807) is 17.7 Å². The molecule has 3 rings (SSSR count). The van der Waals surface area contributed by atoms with Gasteiger partial charge in [-0.25, -0.2) is 0 Å². The number of pyridine rings is 1. The summed E-state index contributed by atoms with van der Waals surface area (Å²) in [6.07, 6.45) is 0. The predicted molar refractivity (Wildman–Crippen MR) is 116 cm³/mol. The van der Waals surface area contributed by atoms with Crippen LogP contribution in [0.2, 0.25) is 5.02 Å². The predicted octanol–water partition coefficient (Wildman–Crippen LogP) is 2.89. The van der Waals surface area contributed by atoms with Crippen LogP contribution in [0.3, 0.4) is 0 Å². The zero-order valence-corrected chi connectivity index (χ0v) is 18.2. The minimum atomic E-state index is -0.399. The number of hydrogen-bond donors (Lipinski definition) is 1.